The van der Waals surface area contributed by atoms with Gasteiger partial charge < -0.3 is 15.2 Å². The molecule has 4 N–H and O–H groups in total. The van der Waals surface area contributed by atoms with Crippen LogP contribution in [0.1, 0.15) is 71.8 Å². The van der Waals surface area contributed by atoms with Crippen molar-refractivity contribution in [1.82, 2.24) is 14.7 Å². The second-order valence-corrected chi connectivity index (χ2v) is 21.8. The maximum absolute atomic E-state index is 11.8. The molecule has 0 fully saturated rings. The molecule has 69 heavy (non-hydrogen) atoms. The first kappa shape index (κ1) is 54.8. The van der Waals surface area contributed by atoms with Crippen LogP contribution < -0.4 is 24.7 Å². The van der Waals surface area contributed by atoms with E-state index in [-0.39, 0.29) is 37.4 Å². The molecule has 0 aliphatic rings. The number of nitrogens with one attached hydrogen (secondary N) is 2. The number of aromatic nitrogens is 2. The van der Waals surface area contributed by atoms with E-state index < -0.39 is 30.9 Å². The lowest BCUT2D eigenvalue weighted by molar-refractivity contribution is 0.338. The van der Waals surface area contributed by atoms with Crippen LogP contribution in [0.5, 0.6) is 11.5 Å². The lowest BCUT2D eigenvalue weighted by Crippen LogP contribution is -2.47. The van der Waals surface area contributed by atoms with E-state index in [0.29, 0.717) is 63.7 Å². The maximum atomic E-state index is 11.8. The number of hydrogen-bond donors (Lipinski definition) is 3. The number of alkyl halides is 2. The van der Waals surface area contributed by atoms with Crippen molar-refractivity contribution in [2.45, 2.75) is 57.3 Å². The van der Waals surface area contributed by atoms with Gasteiger partial charge in [0.2, 0.25) is 26.0 Å². The van der Waals surface area contributed by atoms with E-state index in [0.717, 1.165) is 57.9 Å². The van der Waals surface area contributed by atoms with Crippen LogP contribution in [0.3, 0.4) is 0 Å². The van der Waals surface area contributed by atoms with Gasteiger partial charge in [0, 0.05) is 40.2 Å². The quantitative estimate of drug-likeness (QED) is 0.0309. The van der Waals surface area contributed by atoms with Gasteiger partial charge in [0.1, 0.15) is 24.8 Å². The Morgan fingerprint density at radius 1 is 0.841 bits per heavy atom. The molecule has 2 atom stereocenters. The highest BCUT2D eigenvalue weighted by Gasteiger charge is 2.50. The normalized spacial score (nSPS) is 14.0. The Morgan fingerprint density at radius 3 is 2.07 bits per heavy atom. The van der Waals surface area contributed by atoms with Crippen LogP contribution in [0, 0.1) is 12.3 Å². The predicted molar refractivity (Wildman–Crippen MR) is 283 cm³/mol. The average Bonchev–Trinajstić information content (AvgIpc) is 3.30. The lowest BCUT2D eigenvalue weighted by Gasteiger charge is -2.49. The molecule has 366 valence electrons. The van der Waals surface area contributed by atoms with Gasteiger partial charge in [-0.05, 0) is 114 Å². The van der Waals surface area contributed by atoms with Crippen LogP contribution in [0.2, 0.25) is 10.0 Å². The van der Waals surface area contributed by atoms with Crippen molar-refractivity contribution in [2.75, 3.05) is 48.8 Å². The monoisotopic (exact) mass is 1050 g/mol. The predicted octanol–water partition coefficient (Wildman–Crippen LogP) is 9.77. The number of ether oxygens (including phenoxy) is 2. The van der Waals surface area contributed by atoms with Gasteiger partial charge in [-0.1, -0.05) is 98.1 Å². The second-order valence-electron chi connectivity index (χ2n) is 16.7. The third-order valence-corrected chi connectivity index (χ3v) is 13.8. The minimum absolute atomic E-state index is 0.0165. The maximum Gasteiger partial charge on any atom is 0.236 e. The standard InChI is InChI=1S/C51H56Cl4N6O6S2/c1-8-37-29-42(31-47(55)48(37)66-27-25-53)51(5,40-18-21-45(22-19-40)67-33-34(2)28-44(32-56)58-35(3)60-68(6,62)63)50(4,41-17-14-38(10-9-24-52)46(54)30-41)39-15-11-36(12-16-39)13-20-43-23-26-57-49(59-43)61-69(7,64)65/h1,11-12,14-19,21-23,26,28-31,60H,3,9-10,13,20,24-25,27,32-33,56H2,2,4-7H3,(H,57,59,61)/b34-28+,58-44+. The van der Waals surface area contributed by atoms with Crippen molar-refractivity contribution < 1.29 is 26.3 Å². The zero-order valence-corrected chi connectivity index (χ0v) is 43.7. The van der Waals surface area contributed by atoms with E-state index in [4.69, 9.17) is 68.0 Å². The topological polar surface area (TPSA) is 175 Å². The SMILES string of the molecule is C#Cc1cc(C(C)(c2ccc(OC/C(C)=C/C(CN)=N\C(=C)NS(C)(=O)=O)cc2)C(C)(c2ccc(CCc3ccnc(NS(C)(=O)=O)n3)cc2)c2ccc(CCCCl)c(Cl)c2)cc(Cl)c1OCCCl. The lowest BCUT2D eigenvalue weighted by atomic mass is 9.53. The summed E-state index contributed by atoms with van der Waals surface area (Å²) in [5.41, 5.74) is 11.9. The molecule has 0 amide bonds. The molecule has 0 radical (unpaired) electrons. The summed E-state index contributed by atoms with van der Waals surface area (Å²) in [6, 6.07) is 28.0. The smallest absolute Gasteiger partial charge is 0.236 e. The molecule has 0 saturated heterocycles. The summed E-state index contributed by atoms with van der Waals surface area (Å²) in [5.74, 6) is 4.43. The minimum Gasteiger partial charge on any atom is -0.489 e. The van der Waals surface area contributed by atoms with Crippen LogP contribution >= 0.6 is 46.4 Å². The van der Waals surface area contributed by atoms with Crippen molar-refractivity contribution in [3.63, 3.8) is 0 Å². The highest BCUT2D eigenvalue weighted by atomic mass is 35.5. The number of rotatable bonds is 24. The average molecular weight is 1050 g/mol. The van der Waals surface area contributed by atoms with Gasteiger partial charge in [0.05, 0.1) is 34.7 Å². The number of nitrogens with zero attached hydrogens (tertiary/aromatic N) is 3. The molecule has 2 unspecified atom stereocenters. The summed E-state index contributed by atoms with van der Waals surface area (Å²) in [6.07, 6.45) is 14.1. The van der Waals surface area contributed by atoms with Gasteiger partial charge in [-0.15, -0.1) is 29.6 Å². The fourth-order valence-corrected chi connectivity index (χ4v) is 9.73. The van der Waals surface area contributed by atoms with Crippen LogP contribution in [-0.4, -0.2) is 76.5 Å². The molecule has 18 heteroatoms. The van der Waals surface area contributed by atoms with Gasteiger partial charge in [0.25, 0.3) is 0 Å². The molecule has 0 aliphatic carbocycles. The molecule has 1 aromatic heterocycles. The van der Waals surface area contributed by atoms with Crippen molar-refractivity contribution in [2.24, 2.45) is 10.7 Å². The number of terminal acetylenes is 1. The second kappa shape index (κ2) is 24.1. The Bertz CT molecular complexity index is 2960. The van der Waals surface area contributed by atoms with Gasteiger partial charge in [-0.2, -0.15) is 0 Å². The highest BCUT2D eigenvalue weighted by molar-refractivity contribution is 7.92. The Balaban J connectivity index is 1.64. The van der Waals surface area contributed by atoms with E-state index in [9.17, 15) is 16.8 Å². The van der Waals surface area contributed by atoms with Crippen LogP contribution in [-0.2, 0) is 50.1 Å². The van der Waals surface area contributed by atoms with Crippen molar-refractivity contribution in [3.8, 4) is 23.8 Å². The molecule has 0 saturated carbocycles. The number of benzene rings is 4. The summed E-state index contributed by atoms with van der Waals surface area (Å²) < 4.78 is 63.8. The number of aliphatic imine (C=N–C) groups is 1. The fourth-order valence-electron chi connectivity index (χ4n) is 8.07. The number of hydrogen-bond acceptors (Lipinski definition) is 10. The first-order valence-electron chi connectivity index (χ1n) is 21.7. The fraction of sp³-hybridized carbons (Fsp3) is 0.314. The molecule has 4 aromatic carbocycles. The highest BCUT2D eigenvalue weighted by Crippen LogP contribution is 2.54. The van der Waals surface area contributed by atoms with Crippen LogP contribution in [0.25, 0.3) is 0 Å². The van der Waals surface area contributed by atoms with E-state index in [2.05, 4.69) is 87.1 Å². The van der Waals surface area contributed by atoms with Crippen molar-refractivity contribution >= 4 is 78.1 Å². The molecule has 5 rings (SSSR count). The third kappa shape index (κ3) is 14.5. The Kier molecular flexibility index (Phi) is 19.2. The van der Waals surface area contributed by atoms with E-state index in [1.54, 1.807) is 12.1 Å². The Morgan fingerprint density at radius 2 is 1.48 bits per heavy atom. The van der Waals surface area contributed by atoms with Gasteiger partial charge in [0.15, 0.2) is 5.75 Å². The minimum atomic E-state index is -3.56. The molecule has 0 bridgehead atoms. The summed E-state index contributed by atoms with van der Waals surface area (Å²) in [5, 5.41) is 0.928. The van der Waals surface area contributed by atoms with Crippen molar-refractivity contribution in [3.05, 3.63) is 170 Å². The van der Waals surface area contributed by atoms with E-state index in [1.165, 1.54) is 6.20 Å². The first-order chi connectivity index (χ1) is 32.6. The number of sulfonamides is 2. The summed E-state index contributed by atoms with van der Waals surface area (Å²) in [6.45, 7) is 10.3. The zero-order chi connectivity index (χ0) is 50.6. The van der Waals surface area contributed by atoms with Crippen LogP contribution in [0.4, 0.5) is 5.95 Å². The Hall–Kier alpha value is -5.11. The Labute approximate surface area is 426 Å². The van der Waals surface area contributed by atoms with Gasteiger partial charge in [-0.3, -0.25) is 9.44 Å². The molecule has 1 heterocycles. The molecule has 0 aliphatic heterocycles. The van der Waals surface area contributed by atoms with E-state index in [1.807, 2.05) is 49.4 Å². The zero-order valence-electron chi connectivity index (χ0n) is 39.1. The molecule has 12 nitrogen and oxygen atoms in total. The summed E-state index contributed by atoms with van der Waals surface area (Å²) in [7, 11) is -7.10. The summed E-state index contributed by atoms with van der Waals surface area (Å²) in [4.78, 5) is 12.7. The molecule has 5 aromatic rings. The van der Waals surface area contributed by atoms with Gasteiger partial charge >= 0.3 is 0 Å². The number of aryl methyl sites for hydroxylation is 3. The molecular weight excluding hydrogens is 999 g/mol. The summed E-state index contributed by atoms with van der Waals surface area (Å²) >= 11 is 26.4. The third-order valence-electron chi connectivity index (χ3n) is 11.6. The van der Waals surface area contributed by atoms with Crippen molar-refractivity contribution in [1.29, 1.82) is 0 Å². The van der Waals surface area contributed by atoms with Crippen LogP contribution in [0.15, 0.2) is 120 Å². The molecular formula is C51H56Cl4N6O6S2. The number of anilines is 1. The number of halogens is 4. The number of nitrogens with two attached hydrogens (primary N) is 1. The van der Waals surface area contributed by atoms with E-state index >= 15 is 0 Å². The van der Waals surface area contributed by atoms with Gasteiger partial charge in [-0.25, -0.2) is 31.8 Å². The first-order valence-corrected chi connectivity index (χ1v) is 27.3. The largest absolute Gasteiger partial charge is 0.489 e. The molecule has 0 spiro atoms.